The van der Waals surface area contributed by atoms with E-state index in [0.717, 1.165) is 19.3 Å². The van der Waals surface area contributed by atoms with E-state index in [0.29, 0.717) is 0 Å². The molecular weight excluding hydrogens is 204 g/mol. The second-order valence-corrected chi connectivity index (χ2v) is 5.33. The van der Waals surface area contributed by atoms with E-state index in [9.17, 15) is 9.90 Å². The number of carbonyl (C=O) groups is 1. The average Bonchev–Trinajstić information content (AvgIpc) is 2.22. The van der Waals surface area contributed by atoms with Crippen molar-refractivity contribution in [2.24, 2.45) is 17.6 Å². The molecule has 0 bridgehead atoms. The third kappa shape index (κ3) is 3.46. The predicted molar refractivity (Wildman–Crippen MR) is 63.8 cm³/mol. The molecule has 1 saturated carbocycles. The van der Waals surface area contributed by atoms with E-state index in [1.807, 2.05) is 20.8 Å². The molecule has 1 amide bonds. The highest BCUT2D eigenvalue weighted by Gasteiger charge is 2.28. The minimum atomic E-state index is -0.429. The number of carbonyl (C=O) groups excluding carboxylic acids is 1. The molecule has 0 aliphatic heterocycles. The van der Waals surface area contributed by atoms with Crippen LogP contribution in [0.4, 0.5) is 0 Å². The highest BCUT2D eigenvalue weighted by Crippen LogP contribution is 2.24. The summed E-state index contributed by atoms with van der Waals surface area (Å²) < 4.78 is 0. The fraction of sp³-hybridized carbons (Fsp3) is 0.917. The van der Waals surface area contributed by atoms with E-state index < -0.39 is 6.04 Å². The first-order valence-corrected chi connectivity index (χ1v) is 6.15. The van der Waals surface area contributed by atoms with Gasteiger partial charge >= 0.3 is 0 Å². The molecule has 0 unspecified atom stereocenters. The molecule has 4 atom stereocenters. The standard InChI is InChI=1S/C12H24N2O2/c1-7(2)11(13)12(16)14-9-4-5-10(15)8(3)6-9/h7-11,15H,4-6,13H2,1-3H3,(H,14,16)/t8-,9-,10-,11-/m1/s1. The normalized spacial score (nSPS) is 32.5. The molecule has 0 saturated heterocycles. The van der Waals surface area contributed by atoms with Gasteiger partial charge in [0.2, 0.25) is 5.91 Å². The number of hydrogen-bond acceptors (Lipinski definition) is 3. The van der Waals surface area contributed by atoms with Gasteiger partial charge in [0.25, 0.3) is 0 Å². The van der Waals surface area contributed by atoms with Crippen molar-refractivity contribution in [3.05, 3.63) is 0 Å². The summed E-state index contributed by atoms with van der Waals surface area (Å²) in [4.78, 5) is 11.7. The summed E-state index contributed by atoms with van der Waals surface area (Å²) in [5, 5.41) is 12.6. The first-order chi connectivity index (χ1) is 7.41. The van der Waals surface area contributed by atoms with Crippen molar-refractivity contribution in [2.75, 3.05) is 0 Å². The van der Waals surface area contributed by atoms with Crippen LogP contribution in [-0.2, 0) is 4.79 Å². The zero-order valence-electron chi connectivity index (χ0n) is 10.4. The van der Waals surface area contributed by atoms with Gasteiger partial charge < -0.3 is 16.2 Å². The number of aliphatic hydroxyl groups excluding tert-OH is 1. The first kappa shape index (κ1) is 13.5. The smallest absolute Gasteiger partial charge is 0.237 e. The lowest BCUT2D eigenvalue weighted by Crippen LogP contribution is -2.50. The van der Waals surface area contributed by atoms with Crippen LogP contribution in [-0.4, -0.2) is 29.2 Å². The molecule has 1 rings (SSSR count). The van der Waals surface area contributed by atoms with Crippen molar-refractivity contribution in [3.8, 4) is 0 Å². The molecule has 0 aromatic carbocycles. The van der Waals surface area contributed by atoms with Gasteiger partial charge in [-0.2, -0.15) is 0 Å². The molecule has 0 radical (unpaired) electrons. The van der Waals surface area contributed by atoms with Crippen LogP contribution >= 0.6 is 0 Å². The Morgan fingerprint density at radius 1 is 1.44 bits per heavy atom. The molecule has 0 aromatic rings. The van der Waals surface area contributed by atoms with Crippen molar-refractivity contribution in [3.63, 3.8) is 0 Å². The average molecular weight is 228 g/mol. The van der Waals surface area contributed by atoms with Gasteiger partial charge in [0.1, 0.15) is 0 Å². The van der Waals surface area contributed by atoms with Crippen molar-refractivity contribution < 1.29 is 9.90 Å². The van der Waals surface area contributed by atoms with Gasteiger partial charge in [-0.3, -0.25) is 4.79 Å². The summed E-state index contributed by atoms with van der Waals surface area (Å²) in [6.07, 6.45) is 2.25. The Hall–Kier alpha value is -0.610. The zero-order chi connectivity index (χ0) is 12.3. The van der Waals surface area contributed by atoms with E-state index in [2.05, 4.69) is 5.32 Å². The molecule has 1 fully saturated rings. The first-order valence-electron chi connectivity index (χ1n) is 6.15. The minimum absolute atomic E-state index is 0.0661. The quantitative estimate of drug-likeness (QED) is 0.663. The lowest BCUT2D eigenvalue weighted by atomic mass is 9.84. The van der Waals surface area contributed by atoms with E-state index in [1.54, 1.807) is 0 Å². The molecule has 16 heavy (non-hydrogen) atoms. The molecule has 0 heterocycles. The number of hydrogen-bond donors (Lipinski definition) is 3. The maximum Gasteiger partial charge on any atom is 0.237 e. The Kier molecular flexibility index (Phi) is 4.74. The van der Waals surface area contributed by atoms with Gasteiger partial charge in [-0.1, -0.05) is 20.8 Å². The minimum Gasteiger partial charge on any atom is -0.393 e. The zero-order valence-corrected chi connectivity index (χ0v) is 10.4. The number of rotatable bonds is 3. The molecule has 1 aliphatic rings. The molecule has 4 heteroatoms. The lowest BCUT2D eigenvalue weighted by Gasteiger charge is -2.32. The number of nitrogens with two attached hydrogens (primary N) is 1. The number of aliphatic hydroxyl groups is 1. The molecule has 0 spiro atoms. The maximum absolute atomic E-state index is 11.7. The highest BCUT2D eigenvalue weighted by atomic mass is 16.3. The third-order valence-electron chi connectivity index (χ3n) is 3.49. The predicted octanol–water partition coefficient (Wildman–Crippen LogP) is 0.635. The van der Waals surface area contributed by atoms with Gasteiger partial charge in [0, 0.05) is 6.04 Å². The maximum atomic E-state index is 11.7. The summed E-state index contributed by atoms with van der Waals surface area (Å²) >= 11 is 0. The van der Waals surface area contributed by atoms with Crippen LogP contribution < -0.4 is 11.1 Å². The van der Waals surface area contributed by atoms with Crippen LogP contribution in [0, 0.1) is 11.8 Å². The fourth-order valence-corrected chi connectivity index (χ4v) is 2.11. The Balaban J connectivity index is 2.40. The Morgan fingerprint density at radius 2 is 2.06 bits per heavy atom. The molecule has 1 aliphatic carbocycles. The van der Waals surface area contributed by atoms with E-state index >= 15 is 0 Å². The second kappa shape index (κ2) is 5.64. The summed E-state index contributed by atoms with van der Waals surface area (Å²) in [6.45, 7) is 5.90. The third-order valence-corrected chi connectivity index (χ3v) is 3.49. The van der Waals surface area contributed by atoms with Gasteiger partial charge in [0.05, 0.1) is 12.1 Å². The summed E-state index contributed by atoms with van der Waals surface area (Å²) in [5.41, 5.74) is 5.78. The van der Waals surface area contributed by atoms with Crippen LogP contribution in [0.3, 0.4) is 0 Å². The molecular formula is C12H24N2O2. The van der Waals surface area contributed by atoms with Crippen LogP contribution in [0.5, 0.6) is 0 Å². The van der Waals surface area contributed by atoms with Crippen LogP contribution in [0.2, 0.25) is 0 Å². The van der Waals surface area contributed by atoms with Gasteiger partial charge in [-0.15, -0.1) is 0 Å². The van der Waals surface area contributed by atoms with Crippen LogP contribution in [0.15, 0.2) is 0 Å². The van der Waals surface area contributed by atoms with E-state index in [4.69, 9.17) is 5.73 Å². The monoisotopic (exact) mass is 228 g/mol. The van der Waals surface area contributed by atoms with Crippen molar-refractivity contribution in [1.82, 2.24) is 5.32 Å². The van der Waals surface area contributed by atoms with Gasteiger partial charge in [-0.05, 0) is 31.1 Å². The summed E-state index contributed by atoms with van der Waals surface area (Å²) in [6, 6.07) is -0.252. The Labute approximate surface area is 97.6 Å². The van der Waals surface area contributed by atoms with Gasteiger partial charge in [0.15, 0.2) is 0 Å². The SMILES string of the molecule is CC(C)[C@@H](N)C(=O)N[C@@H]1CC[C@@H](O)[C@H](C)C1. The highest BCUT2D eigenvalue weighted by molar-refractivity contribution is 5.82. The molecule has 4 N–H and O–H groups in total. The van der Waals surface area contributed by atoms with Crippen molar-refractivity contribution in [1.29, 1.82) is 0 Å². The van der Waals surface area contributed by atoms with Crippen LogP contribution in [0.25, 0.3) is 0 Å². The van der Waals surface area contributed by atoms with Crippen LogP contribution in [0.1, 0.15) is 40.0 Å². The molecule has 94 valence electrons. The van der Waals surface area contributed by atoms with E-state index in [-0.39, 0.29) is 29.9 Å². The topological polar surface area (TPSA) is 75.4 Å². The molecule has 4 nitrogen and oxygen atoms in total. The number of amides is 1. The summed E-state index contributed by atoms with van der Waals surface area (Å²) in [7, 11) is 0. The van der Waals surface area contributed by atoms with E-state index in [1.165, 1.54) is 0 Å². The Morgan fingerprint density at radius 3 is 2.56 bits per heavy atom. The van der Waals surface area contributed by atoms with Crippen molar-refractivity contribution in [2.45, 2.75) is 58.2 Å². The largest absolute Gasteiger partial charge is 0.393 e. The Bertz CT molecular complexity index is 243. The second-order valence-electron chi connectivity index (χ2n) is 5.33. The summed E-state index contributed by atoms with van der Waals surface area (Å²) in [5.74, 6) is 0.351. The number of nitrogens with one attached hydrogen (secondary N) is 1. The van der Waals surface area contributed by atoms with Crippen molar-refractivity contribution >= 4 is 5.91 Å². The fourth-order valence-electron chi connectivity index (χ4n) is 2.11. The molecule has 0 aromatic heterocycles. The van der Waals surface area contributed by atoms with Gasteiger partial charge in [-0.25, -0.2) is 0 Å². The lowest BCUT2D eigenvalue weighted by molar-refractivity contribution is -0.124.